The average molecular weight is 2120 g/mol. The zero-order valence-electron chi connectivity index (χ0n) is 126. The van der Waals surface area contributed by atoms with Crippen molar-refractivity contribution in [2.24, 2.45) is 0 Å². The molecule has 0 unspecified atom stereocenters. The molecule has 0 radical (unpaired) electrons. The van der Waals surface area contributed by atoms with Gasteiger partial charge in [-0.25, -0.2) is 0 Å². The van der Waals surface area contributed by atoms with Gasteiger partial charge in [0.25, 0.3) is 0 Å². The van der Waals surface area contributed by atoms with Gasteiger partial charge in [0.2, 0.25) is 0 Å². The lowest BCUT2D eigenvalue weighted by Crippen LogP contribution is -1.27. The predicted octanol–water partition coefficient (Wildman–Crippen LogP) is 72.5. The predicted molar refractivity (Wildman–Crippen MR) is 801 cm³/mol. The minimum atomic E-state index is 0. The van der Waals surface area contributed by atoms with Gasteiger partial charge in [0.1, 0.15) is 0 Å². The normalized spacial score (nSPS) is 3.45. The minimum absolute atomic E-state index is 0. The van der Waals surface area contributed by atoms with E-state index in [1.54, 1.807) is 0 Å². The second kappa shape index (κ2) is 22400. The van der Waals surface area contributed by atoms with Gasteiger partial charge in [-0.1, -0.05) is 977 Å². The van der Waals surface area contributed by atoms with Crippen molar-refractivity contribution in [2.75, 3.05) is 0 Å². The molecule has 0 fully saturated rings. The van der Waals surface area contributed by atoms with Gasteiger partial charge in [-0.2, -0.15) is 0 Å². The van der Waals surface area contributed by atoms with E-state index in [1.807, 2.05) is 665 Å². The third-order valence-electron chi connectivity index (χ3n) is 0. The lowest BCUT2D eigenvalue weighted by Gasteiger charge is -1.48. The summed E-state index contributed by atoms with van der Waals surface area (Å²) in [5.74, 6) is 0. The molecule has 0 rings (SSSR count). The Labute approximate surface area is 970 Å². The topological polar surface area (TPSA) is 0 Å². The quantitative estimate of drug-likeness (QED) is 0.227. The summed E-state index contributed by atoms with van der Waals surface area (Å²) in [7, 11) is 0. The van der Waals surface area contributed by atoms with E-state index in [4.69, 9.17) is 0 Å². The van der Waals surface area contributed by atoms with Crippen molar-refractivity contribution in [3.8, 4) is 0 Å². The minimum Gasteiger partial charge on any atom is -0.0776 e. The van der Waals surface area contributed by atoms with E-state index < -0.39 is 0 Å². The van der Waals surface area contributed by atoms with E-state index in [1.165, 1.54) is 70.6 Å². The van der Waals surface area contributed by atoms with E-state index in [0.717, 1.165) is 0 Å². The van der Waals surface area contributed by atoms with Gasteiger partial charge in [-0.05, 0) is 0 Å². The van der Waals surface area contributed by atoms with E-state index in [2.05, 4.69) is 152 Å². The molecule has 0 amide bonds. The van der Waals surface area contributed by atoms with Crippen molar-refractivity contribution in [3.63, 3.8) is 0 Å². The van der Waals surface area contributed by atoms with Crippen LogP contribution in [0.1, 0.15) is 977 Å². The van der Waals surface area contributed by atoms with Crippen molar-refractivity contribution in [2.45, 2.75) is 977 Å². The molecule has 0 bridgehead atoms. The first-order valence-electron chi connectivity index (χ1n) is 63.6. The number of rotatable bonds is 0. The fraction of sp³-hybridized carbons (Fsp3) is 1.00. The van der Waals surface area contributed by atoms with Crippen LogP contribution in [0.15, 0.2) is 0 Å². The molecule has 0 atom stereocenters. The summed E-state index contributed by atoms with van der Waals surface area (Å²) in [5, 5.41) is 0. The first kappa shape index (κ1) is 564. The zero-order valence-corrected chi connectivity index (χ0v) is 126. The molecular formula is C141H424. The van der Waals surface area contributed by atoms with Crippen LogP contribution < -0.4 is 0 Å². The smallest absolute Gasteiger partial charge is 0.0590 e. The summed E-state index contributed by atoms with van der Waals surface area (Å²) in [6, 6.07) is 0. The van der Waals surface area contributed by atoms with Crippen molar-refractivity contribution >= 4 is 0 Å². The van der Waals surface area contributed by atoms with Gasteiger partial charge in [-0.15, -0.1) is 0 Å². The highest BCUT2D eigenvalue weighted by atomic mass is 13.5. The summed E-state index contributed by atoms with van der Waals surface area (Å²) >= 11 is 0. The third-order valence-corrected chi connectivity index (χ3v) is 0. The number of hydrogen-bond acceptors (Lipinski definition) is 0. The van der Waals surface area contributed by atoms with Crippen molar-refractivity contribution in [3.05, 3.63) is 0 Å². The summed E-state index contributed by atoms with van der Waals surface area (Å²) in [6.45, 7) is 239. The van der Waals surface area contributed by atoms with Gasteiger partial charge in [0, 0.05) is 0 Å². The maximum Gasteiger partial charge on any atom is -0.0590 e. The third kappa shape index (κ3) is 0. The molecule has 0 heterocycles. The highest BCUT2D eigenvalue weighted by molar-refractivity contribution is 3.96. The second-order valence-corrected chi connectivity index (χ2v) is 7.78. The monoisotopic (exact) mass is 2120 g/mol. The Bertz CT molecular complexity index is 38.1. The second-order valence-electron chi connectivity index (χ2n) is 7.78. The molecule has 0 aliphatic carbocycles. The molecule has 0 saturated heterocycles. The van der Waals surface area contributed by atoms with Crippen LogP contribution in [0.25, 0.3) is 0 Å². The summed E-state index contributed by atoms with van der Waals surface area (Å²) in [4.78, 5) is 0. The van der Waals surface area contributed by atoms with E-state index in [9.17, 15) is 0 Å². The Balaban J connectivity index is -0.00000000512. The molecule has 0 nitrogen and oxygen atoms in total. The highest BCUT2D eigenvalue weighted by Crippen LogP contribution is 1.60. The maximum absolute atomic E-state index is 2.12. The standard InChI is InChI=1S/11C3H8.48C2H6.12CH4/c11*1-3-2;48*1-2;;;;;;;;;;;;/h11*3H2,1-2H3;48*1-2H3;12*1H4. The zero-order chi connectivity index (χ0) is 126. The highest BCUT2D eigenvalue weighted by Gasteiger charge is 1.39. The van der Waals surface area contributed by atoms with Gasteiger partial charge in [0.15, 0.2) is 0 Å². The Morgan fingerprint density at radius 3 is 0.0426 bits per heavy atom. The summed E-state index contributed by atoms with van der Waals surface area (Å²) < 4.78 is 0. The first-order chi connectivity index (χ1) is 63.6. The Morgan fingerprint density at radius 2 is 0.0426 bits per heavy atom. The molecule has 0 N–H and O–H groups in total. The lowest BCUT2D eigenvalue weighted by molar-refractivity contribution is 1.09. The van der Waals surface area contributed by atoms with Gasteiger partial charge in [0.05, 0.1) is 0 Å². The van der Waals surface area contributed by atoms with Crippen LogP contribution in [-0.2, 0) is 0 Å². The van der Waals surface area contributed by atoms with Crippen LogP contribution in [-0.4, -0.2) is 0 Å². The average Bonchev–Trinajstić information content (AvgIpc) is 3.97. The van der Waals surface area contributed by atoms with Crippen molar-refractivity contribution in [1.82, 2.24) is 0 Å². The van der Waals surface area contributed by atoms with E-state index in [-0.39, 0.29) is 89.1 Å². The molecule has 988 valence electrons. The van der Waals surface area contributed by atoms with Crippen LogP contribution in [0, 0.1) is 0 Å². The molecule has 0 aromatic rings. The number of hydrogen-bond donors (Lipinski definition) is 0. The lowest BCUT2D eigenvalue weighted by atomic mass is 10.6. The fourth-order valence-electron chi connectivity index (χ4n) is 0. The van der Waals surface area contributed by atoms with Crippen LogP contribution in [0.2, 0.25) is 0 Å². The first-order valence-corrected chi connectivity index (χ1v) is 63.6. The van der Waals surface area contributed by atoms with Crippen molar-refractivity contribution < 1.29 is 0 Å². The summed E-state index contributed by atoms with van der Waals surface area (Å²) in [6.07, 6.45) is 13.8. The largest absolute Gasteiger partial charge is 0.0776 e. The molecule has 0 aliphatic heterocycles. The molecule has 0 heteroatoms. The van der Waals surface area contributed by atoms with Crippen LogP contribution >= 0.6 is 0 Å². The SMILES string of the molecule is C.C.C.C.C.C.C.C.C.C.C.C.CC.CC.CC.CC.CC.CC.CC.CC.CC.CC.CC.CC.CC.CC.CC.CC.CC.CC.CC.CC.CC.CC.CC.CC.CC.CC.CC.CC.CC.CC.CC.CC.CC.CC.CC.CC.CC.CC.CC.CC.CC.CC.CC.CC.CC.CC.CC.CC.CCC.CCC.CCC.CCC.CCC.CCC.CCC.CCC.CCC.CCC.CCC. The van der Waals surface area contributed by atoms with Gasteiger partial charge in [-0.3, -0.25) is 0 Å². The molecule has 0 aromatic heterocycles. The van der Waals surface area contributed by atoms with Crippen LogP contribution in [0.3, 0.4) is 0 Å². The van der Waals surface area contributed by atoms with E-state index in [0.29, 0.717) is 0 Å². The van der Waals surface area contributed by atoms with Crippen LogP contribution in [0.4, 0.5) is 0 Å². The molecule has 141 heavy (non-hydrogen) atoms. The summed E-state index contributed by atoms with van der Waals surface area (Å²) in [5.41, 5.74) is 0. The van der Waals surface area contributed by atoms with E-state index >= 15 is 0 Å². The Morgan fingerprint density at radius 1 is 0.0426 bits per heavy atom. The Kier molecular flexibility index (Phi) is 89400. The molecule has 0 spiro atoms. The molecule has 0 saturated carbocycles. The molecule has 0 aromatic carbocycles. The fourth-order valence-corrected chi connectivity index (χ4v) is 0. The Hall–Kier alpha value is 0. The van der Waals surface area contributed by atoms with Gasteiger partial charge >= 0.3 is 0 Å². The van der Waals surface area contributed by atoms with Gasteiger partial charge < -0.3 is 0 Å². The molecular weight excluding hydrogens is 1690 g/mol. The van der Waals surface area contributed by atoms with Crippen molar-refractivity contribution in [1.29, 1.82) is 0 Å². The van der Waals surface area contributed by atoms with Crippen LogP contribution in [0.5, 0.6) is 0 Å². The maximum atomic E-state index is 2.12. The molecule has 0 aliphatic rings.